The monoisotopic (exact) mass is 426 g/mol. The Hall–Kier alpha value is -2.18. The van der Waals surface area contributed by atoms with Gasteiger partial charge >= 0.3 is 0 Å². The summed E-state index contributed by atoms with van der Waals surface area (Å²) >= 11 is 0. The lowest BCUT2D eigenvalue weighted by molar-refractivity contribution is 0.140. The second-order valence-corrected chi connectivity index (χ2v) is 10.5. The summed E-state index contributed by atoms with van der Waals surface area (Å²) in [7, 11) is -3.54. The molecule has 2 aromatic carbocycles. The van der Waals surface area contributed by atoms with Crippen LogP contribution in [0.25, 0.3) is 0 Å². The molecule has 0 radical (unpaired) electrons. The minimum absolute atomic E-state index is 0.317. The van der Waals surface area contributed by atoms with Gasteiger partial charge in [-0.1, -0.05) is 48.0 Å². The first-order chi connectivity index (χ1) is 14.5. The Morgan fingerprint density at radius 2 is 1.83 bits per heavy atom. The number of hydrogen-bond acceptors (Lipinski definition) is 5. The molecule has 0 spiro atoms. The van der Waals surface area contributed by atoms with Crippen LogP contribution in [0.2, 0.25) is 0 Å². The smallest absolute Gasteiger partial charge is 0.205 e. The summed E-state index contributed by atoms with van der Waals surface area (Å²) in [4.78, 5) is 7.00. The van der Waals surface area contributed by atoms with Gasteiger partial charge in [-0.15, -0.1) is 0 Å². The fraction of sp³-hybridized carbons (Fsp3) is 0.458. The van der Waals surface area contributed by atoms with Crippen LogP contribution in [-0.2, 0) is 21.1 Å². The Kier molecular flexibility index (Phi) is 6.54. The van der Waals surface area contributed by atoms with Crippen LogP contribution in [0.4, 0.5) is 0 Å². The molecule has 30 heavy (non-hydrogen) atoms. The van der Waals surface area contributed by atoms with Gasteiger partial charge in [-0.25, -0.2) is 13.4 Å². The minimum Gasteiger partial charge on any atom is -0.477 e. The molecule has 2 aliphatic rings. The first-order valence-electron chi connectivity index (χ1n) is 10.8. The van der Waals surface area contributed by atoms with Crippen LogP contribution in [-0.4, -0.2) is 44.3 Å². The minimum atomic E-state index is -3.54. The number of nitrogens with zero attached hydrogens (tertiary/aromatic N) is 2. The molecule has 2 heterocycles. The number of benzene rings is 2. The van der Waals surface area contributed by atoms with Crippen molar-refractivity contribution in [1.82, 2.24) is 4.90 Å². The Morgan fingerprint density at radius 3 is 2.60 bits per heavy atom. The quantitative estimate of drug-likeness (QED) is 0.665. The van der Waals surface area contributed by atoms with E-state index in [-0.39, 0.29) is 0 Å². The summed E-state index contributed by atoms with van der Waals surface area (Å²) in [5, 5.41) is -0.843. The molecule has 2 aromatic rings. The van der Waals surface area contributed by atoms with E-state index in [9.17, 15) is 8.42 Å². The molecule has 0 saturated carbocycles. The molecule has 0 aromatic heterocycles. The highest BCUT2D eigenvalue weighted by molar-refractivity contribution is 7.92. The molecule has 0 N–H and O–H groups in total. The van der Waals surface area contributed by atoms with E-state index in [1.165, 1.54) is 24.8 Å². The molecule has 5 nitrogen and oxygen atoms in total. The zero-order valence-corrected chi connectivity index (χ0v) is 18.3. The van der Waals surface area contributed by atoms with Crippen LogP contribution in [0.5, 0.6) is 0 Å². The highest BCUT2D eigenvalue weighted by Gasteiger charge is 2.38. The average molecular weight is 427 g/mol. The van der Waals surface area contributed by atoms with Crippen LogP contribution >= 0.6 is 0 Å². The number of aryl methyl sites for hydroxylation is 1. The summed E-state index contributed by atoms with van der Waals surface area (Å²) in [6.07, 6.45) is 4.96. The average Bonchev–Trinajstić information content (AvgIpc) is 3.23. The lowest BCUT2D eigenvalue weighted by Gasteiger charge is -2.33. The van der Waals surface area contributed by atoms with Crippen LogP contribution in [0.3, 0.4) is 0 Å². The largest absolute Gasteiger partial charge is 0.477 e. The van der Waals surface area contributed by atoms with Gasteiger partial charge in [-0.3, -0.25) is 4.90 Å². The van der Waals surface area contributed by atoms with E-state index in [0.29, 0.717) is 17.2 Å². The molecule has 3 atom stereocenters. The summed E-state index contributed by atoms with van der Waals surface area (Å²) in [5.41, 5.74) is 2.38. The first kappa shape index (κ1) is 21.1. The van der Waals surface area contributed by atoms with Gasteiger partial charge in [-0.2, -0.15) is 0 Å². The Bertz CT molecular complexity index is 958. The molecule has 1 fully saturated rings. The van der Waals surface area contributed by atoms with Crippen molar-refractivity contribution in [3.05, 3.63) is 65.7 Å². The number of piperidine rings is 1. The number of aliphatic imine (C=N–C) groups is 1. The Labute approximate surface area is 179 Å². The molecule has 6 heteroatoms. The first-order valence-corrected chi connectivity index (χ1v) is 12.3. The van der Waals surface area contributed by atoms with E-state index in [4.69, 9.17) is 4.74 Å². The number of rotatable bonds is 7. The van der Waals surface area contributed by atoms with Crippen LogP contribution in [0.15, 0.2) is 64.5 Å². The standard InChI is InChI=1S/C24H30N2O3S/c1-19-9-12-22(13-10-19)30(27,28)24-23(29-18-25-24)14-11-21-8-5-15-26(17-21)16-20-6-3-2-4-7-20/h2-4,6-7,9-10,12-13,18,21,23-24H,5,8,11,14-17H2,1H3. The van der Waals surface area contributed by atoms with E-state index in [2.05, 4.69) is 34.2 Å². The highest BCUT2D eigenvalue weighted by Crippen LogP contribution is 2.29. The zero-order valence-electron chi connectivity index (χ0n) is 17.5. The molecule has 4 rings (SSSR count). The van der Waals surface area contributed by atoms with Gasteiger partial charge in [0.05, 0.1) is 4.90 Å². The van der Waals surface area contributed by atoms with Gasteiger partial charge in [0, 0.05) is 13.1 Å². The van der Waals surface area contributed by atoms with Crippen molar-refractivity contribution in [2.45, 2.75) is 55.5 Å². The summed E-state index contributed by atoms with van der Waals surface area (Å²) in [6.45, 7) is 5.10. The maximum Gasteiger partial charge on any atom is 0.205 e. The number of likely N-dealkylation sites (tertiary alicyclic amines) is 1. The fourth-order valence-electron chi connectivity index (χ4n) is 4.47. The second-order valence-electron chi connectivity index (χ2n) is 8.48. The van der Waals surface area contributed by atoms with E-state index < -0.39 is 21.3 Å². The molecule has 0 amide bonds. The van der Waals surface area contributed by atoms with Crippen molar-refractivity contribution in [1.29, 1.82) is 0 Å². The molecule has 2 aliphatic heterocycles. The predicted molar refractivity (Wildman–Crippen MR) is 119 cm³/mol. The lowest BCUT2D eigenvalue weighted by Crippen LogP contribution is -2.36. The van der Waals surface area contributed by atoms with E-state index in [1.54, 1.807) is 12.1 Å². The van der Waals surface area contributed by atoms with Gasteiger partial charge in [0.25, 0.3) is 0 Å². The van der Waals surface area contributed by atoms with Gasteiger partial charge in [0.1, 0.15) is 6.10 Å². The second kappa shape index (κ2) is 9.31. The van der Waals surface area contributed by atoms with Gasteiger partial charge < -0.3 is 4.74 Å². The molecule has 160 valence electrons. The lowest BCUT2D eigenvalue weighted by atomic mass is 9.92. The van der Waals surface area contributed by atoms with E-state index in [1.807, 2.05) is 25.1 Å². The third-order valence-corrected chi connectivity index (χ3v) is 8.13. The van der Waals surface area contributed by atoms with Gasteiger partial charge in [0.2, 0.25) is 9.84 Å². The molecule has 0 aliphatic carbocycles. The van der Waals surface area contributed by atoms with Crippen molar-refractivity contribution < 1.29 is 13.2 Å². The zero-order chi connectivity index (χ0) is 21.0. The van der Waals surface area contributed by atoms with Crippen LogP contribution < -0.4 is 0 Å². The van der Waals surface area contributed by atoms with Crippen LogP contribution in [0, 0.1) is 12.8 Å². The highest BCUT2D eigenvalue weighted by atomic mass is 32.2. The predicted octanol–water partition coefficient (Wildman–Crippen LogP) is 4.21. The van der Waals surface area contributed by atoms with Gasteiger partial charge in [-0.05, 0) is 62.8 Å². The topological polar surface area (TPSA) is 59.0 Å². The van der Waals surface area contributed by atoms with E-state index in [0.717, 1.165) is 31.6 Å². The van der Waals surface area contributed by atoms with Crippen molar-refractivity contribution >= 4 is 16.2 Å². The maximum atomic E-state index is 13.1. The molecular weight excluding hydrogens is 396 g/mol. The Morgan fingerprint density at radius 1 is 1.07 bits per heavy atom. The summed E-state index contributed by atoms with van der Waals surface area (Å²) < 4.78 is 31.7. The van der Waals surface area contributed by atoms with Crippen LogP contribution in [0.1, 0.15) is 36.8 Å². The SMILES string of the molecule is Cc1ccc(S(=O)(=O)C2N=COC2CCC2CCCN(Cc3ccccc3)C2)cc1. The molecule has 3 unspecified atom stereocenters. The number of sulfone groups is 1. The molecule has 1 saturated heterocycles. The van der Waals surface area contributed by atoms with Crippen molar-refractivity contribution in [3.63, 3.8) is 0 Å². The van der Waals surface area contributed by atoms with Crippen molar-refractivity contribution in [3.8, 4) is 0 Å². The summed E-state index contributed by atoms with van der Waals surface area (Å²) in [5.74, 6) is 0.564. The third kappa shape index (κ3) is 4.93. The van der Waals surface area contributed by atoms with Crippen molar-refractivity contribution in [2.24, 2.45) is 10.9 Å². The number of ether oxygens (including phenoxy) is 1. The summed E-state index contributed by atoms with van der Waals surface area (Å²) in [6, 6.07) is 17.5. The normalized spacial score (nSPS) is 24.6. The number of hydrogen-bond donors (Lipinski definition) is 0. The Balaban J connectivity index is 1.34. The van der Waals surface area contributed by atoms with Crippen molar-refractivity contribution in [2.75, 3.05) is 13.1 Å². The van der Waals surface area contributed by atoms with E-state index >= 15 is 0 Å². The third-order valence-electron chi connectivity index (χ3n) is 6.14. The van der Waals surface area contributed by atoms with Gasteiger partial charge in [0.15, 0.2) is 11.8 Å². The molecule has 0 bridgehead atoms. The fourth-order valence-corrected chi connectivity index (χ4v) is 6.07. The molecular formula is C24H30N2O3S. The maximum absolute atomic E-state index is 13.1.